The summed E-state index contributed by atoms with van der Waals surface area (Å²) in [5.41, 5.74) is 1.50. The van der Waals surface area contributed by atoms with Crippen LogP contribution in [0.5, 0.6) is 11.5 Å². The first kappa shape index (κ1) is 25.7. The van der Waals surface area contributed by atoms with E-state index in [9.17, 15) is 19.1 Å². The molecule has 0 bridgehead atoms. The molecule has 3 aromatic rings. The predicted octanol–water partition coefficient (Wildman–Crippen LogP) is 3.67. The molecule has 10 heteroatoms. The molecule has 0 saturated heterocycles. The first-order chi connectivity index (χ1) is 18.3. The van der Waals surface area contributed by atoms with Gasteiger partial charge in [-0.3, -0.25) is 4.79 Å². The summed E-state index contributed by atoms with van der Waals surface area (Å²) in [6.07, 6.45) is 7.73. The summed E-state index contributed by atoms with van der Waals surface area (Å²) < 4.78 is 26.3. The number of carbonyl (C=O) groups is 2. The number of fused-ring (bicyclic) bond motifs is 1. The lowest BCUT2D eigenvalue weighted by atomic mass is 9.77. The molecule has 0 unspecified atom stereocenters. The normalized spacial score (nSPS) is 18.1. The maximum absolute atomic E-state index is 13.5. The molecule has 1 aromatic heterocycles. The molecule has 2 aromatic carbocycles. The van der Waals surface area contributed by atoms with Crippen molar-refractivity contribution in [2.24, 2.45) is 0 Å². The van der Waals surface area contributed by atoms with Crippen LogP contribution in [0.4, 0.5) is 14.9 Å². The molecule has 2 amide bonds. The Kier molecular flexibility index (Phi) is 7.33. The van der Waals surface area contributed by atoms with Crippen LogP contribution < -0.4 is 19.7 Å². The lowest BCUT2D eigenvalue weighted by molar-refractivity contribution is -0.120. The molecule has 38 heavy (non-hydrogen) atoms. The number of rotatable bonds is 8. The van der Waals surface area contributed by atoms with Crippen molar-refractivity contribution in [1.82, 2.24) is 15.1 Å². The van der Waals surface area contributed by atoms with Gasteiger partial charge in [-0.05, 0) is 67.5 Å². The van der Waals surface area contributed by atoms with Gasteiger partial charge in [-0.2, -0.15) is 9.78 Å². The number of likely N-dealkylation sites (N-methyl/N-ethyl adjacent to an activating group) is 1. The zero-order valence-electron chi connectivity index (χ0n) is 21.2. The SMILES string of the molecule is CN1C(=O)[C@@H](NC(=O)n2cc(Cc3cccc(F)c3)cn2)COc2ccc(OCCCC3(O)CCC3)cc21. The number of hydrogen-bond donors (Lipinski definition) is 2. The largest absolute Gasteiger partial charge is 0.494 e. The summed E-state index contributed by atoms with van der Waals surface area (Å²) in [7, 11) is 1.62. The van der Waals surface area contributed by atoms with Crippen molar-refractivity contribution in [3.63, 3.8) is 0 Å². The van der Waals surface area contributed by atoms with Gasteiger partial charge < -0.3 is 24.8 Å². The van der Waals surface area contributed by atoms with E-state index in [2.05, 4.69) is 10.4 Å². The Morgan fingerprint density at radius 1 is 1.26 bits per heavy atom. The number of ether oxygens (including phenoxy) is 2. The number of hydrogen-bond acceptors (Lipinski definition) is 6. The molecular weight excluding hydrogens is 491 g/mol. The van der Waals surface area contributed by atoms with Crippen molar-refractivity contribution in [3.8, 4) is 11.5 Å². The van der Waals surface area contributed by atoms with Gasteiger partial charge in [-0.1, -0.05) is 12.1 Å². The smallest absolute Gasteiger partial charge is 0.342 e. The molecule has 0 radical (unpaired) electrons. The van der Waals surface area contributed by atoms with Crippen LogP contribution >= 0.6 is 0 Å². The maximum Gasteiger partial charge on any atom is 0.342 e. The van der Waals surface area contributed by atoms with Crippen LogP contribution in [0.2, 0.25) is 0 Å². The zero-order valence-corrected chi connectivity index (χ0v) is 21.2. The third-order valence-corrected chi connectivity index (χ3v) is 7.10. The Hall–Kier alpha value is -3.92. The molecule has 9 nitrogen and oxygen atoms in total. The van der Waals surface area contributed by atoms with Gasteiger partial charge >= 0.3 is 6.03 Å². The highest BCUT2D eigenvalue weighted by Gasteiger charge is 2.34. The minimum atomic E-state index is -0.927. The first-order valence-electron chi connectivity index (χ1n) is 12.8. The number of aliphatic hydroxyl groups is 1. The van der Waals surface area contributed by atoms with E-state index in [0.29, 0.717) is 36.6 Å². The number of benzene rings is 2. The average Bonchev–Trinajstić information content (AvgIpc) is 3.32. The Balaban J connectivity index is 1.18. The molecule has 2 N–H and O–H groups in total. The number of nitrogens with one attached hydrogen (secondary N) is 1. The van der Waals surface area contributed by atoms with Crippen molar-refractivity contribution in [2.45, 2.75) is 50.2 Å². The van der Waals surface area contributed by atoms with Gasteiger partial charge in [-0.15, -0.1) is 0 Å². The third kappa shape index (κ3) is 5.80. The summed E-state index contributed by atoms with van der Waals surface area (Å²) in [6.45, 7) is 0.418. The van der Waals surface area contributed by atoms with Gasteiger partial charge in [0.25, 0.3) is 5.91 Å². The highest BCUT2D eigenvalue weighted by Crippen LogP contribution is 2.36. The Morgan fingerprint density at radius 3 is 2.87 bits per heavy atom. The minimum Gasteiger partial charge on any atom is -0.494 e. The molecule has 5 rings (SSSR count). The van der Waals surface area contributed by atoms with Crippen LogP contribution in [0.1, 0.15) is 43.2 Å². The number of nitrogens with zero attached hydrogens (tertiary/aromatic N) is 3. The van der Waals surface area contributed by atoms with Crippen LogP contribution in [0.15, 0.2) is 54.9 Å². The second-order valence-electron chi connectivity index (χ2n) is 9.97. The van der Waals surface area contributed by atoms with Crippen LogP contribution in [0.3, 0.4) is 0 Å². The number of anilines is 1. The van der Waals surface area contributed by atoms with Crippen LogP contribution in [0, 0.1) is 5.82 Å². The summed E-state index contributed by atoms with van der Waals surface area (Å²) >= 11 is 0. The first-order valence-corrected chi connectivity index (χ1v) is 12.8. The van der Waals surface area contributed by atoms with E-state index in [1.54, 1.807) is 43.6 Å². The number of amides is 2. The van der Waals surface area contributed by atoms with Crippen LogP contribution in [-0.4, -0.2) is 58.7 Å². The Labute approximate surface area is 220 Å². The highest BCUT2D eigenvalue weighted by atomic mass is 19.1. The Bertz CT molecular complexity index is 1320. The van der Waals surface area contributed by atoms with E-state index in [0.717, 1.165) is 41.5 Å². The van der Waals surface area contributed by atoms with Crippen molar-refractivity contribution in [1.29, 1.82) is 0 Å². The topological polar surface area (TPSA) is 106 Å². The molecule has 1 saturated carbocycles. The van der Waals surface area contributed by atoms with Crippen molar-refractivity contribution in [2.75, 3.05) is 25.2 Å². The lowest BCUT2D eigenvalue weighted by Gasteiger charge is -2.36. The molecule has 200 valence electrons. The summed E-state index contributed by atoms with van der Waals surface area (Å²) in [5, 5.41) is 17.0. The van der Waals surface area contributed by atoms with Crippen molar-refractivity contribution >= 4 is 17.6 Å². The van der Waals surface area contributed by atoms with Crippen LogP contribution in [-0.2, 0) is 11.2 Å². The number of aromatic nitrogens is 2. The fraction of sp³-hybridized carbons (Fsp3) is 0.393. The second-order valence-corrected chi connectivity index (χ2v) is 9.97. The summed E-state index contributed by atoms with van der Waals surface area (Å²) in [5.74, 6) is 0.433. The predicted molar refractivity (Wildman–Crippen MR) is 138 cm³/mol. The molecular formula is C28H31FN4O5. The molecule has 1 fully saturated rings. The van der Waals surface area contributed by atoms with Gasteiger partial charge in [0.15, 0.2) is 0 Å². The standard InChI is InChI=1S/C28H31FN4O5/c1-32-24-15-22(37-12-4-11-28(36)9-3-10-28)7-8-25(24)38-18-23(26(32)34)31-27(35)33-17-20(16-30-33)13-19-5-2-6-21(29)14-19/h2,5-8,14-17,23,36H,3-4,9-13,18H2,1H3,(H,31,35)/t23-/m0/s1. The minimum absolute atomic E-state index is 0.0435. The molecule has 0 spiro atoms. The van der Waals surface area contributed by atoms with Gasteiger partial charge in [0.1, 0.15) is 30.0 Å². The average molecular weight is 523 g/mol. The second kappa shape index (κ2) is 10.8. The number of halogens is 1. The van der Waals surface area contributed by atoms with Crippen LogP contribution in [0.25, 0.3) is 0 Å². The van der Waals surface area contributed by atoms with Gasteiger partial charge in [0, 0.05) is 25.7 Å². The van der Waals surface area contributed by atoms with E-state index < -0.39 is 17.7 Å². The number of carbonyl (C=O) groups excluding carboxylic acids is 2. The quantitative estimate of drug-likeness (QED) is 0.438. The lowest BCUT2D eigenvalue weighted by Crippen LogP contribution is -2.50. The van der Waals surface area contributed by atoms with Gasteiger partial charge in [0.2, 0.25) is 0 Å². The summed E-state index contributed by atoms with van der Waals surface area (Å²) in [6, 6.07) is 9.98. The molecule has 1 aliphatic heterocycles. The third-order valence-electron chi connectivity index (χ3n) is 7.10. The van der Waals surface area contributed by atoms with E-state index >= 15 is 0 Å². The van der Waals surface area contributed by atoms with Crippen molar-refractivity contribution in [3.05, 3.63) is 71.8 Å². The molecule has 1 aliphatic carbocycles. The fourth-order valence-corrected chi connectivity index (χ4v) is 4.76. The van der Waals surface area contributed by atoms with E-state index in [4.69, 9.17) is 9.47 Å². The molecule has 2 aliphatic rings. The summed E-state index contributed by atoms with van der Waals surface area (Å²) in [4.78, 5) is 27.4. The zero-order chi connectivity index (χ0) is 26.7. The van der Waals surface area contributed by atoms with Gasteiger partial charge in [-0.25, -0.2) is 9.18 Å². The highest BCUT2D eigenvalue weighted by molar-refractivity contribution is 6.00. The van der Waals surface area contributed by atoms with Gasteiger partial charge in [0.05, 0.1) is 24.1 Å². The Morgan fingerprint density at radius 2 is 2.11 bits per heavy atom. The van der Waals surface area contributed by atoms with E-state index in [-0.39, 0.29) is 18.3 Å². The fourth-order valence-electron chi connectivity index (χ4n) is 4.76. The monoisotopic (exact) mass is 522 g/mol. The van der Waals surface area contributed by atoms with E-state index in [1.807, 2.05) is 0 Å². The molecule has 1 atom stereocenters. The van der Waals surface area contributed by atoms with Crippen molar-refractivity contribution < 1.29 is 28.6 Å². The molecule has 2 heterocycles. The maximum atomic E-state index is 13.5. The van der Waals surface area contributed by atoms with E-state index in [1.165, 1.54) is 23.2 Å².